The van der Waals surface area contributed by atoms with E-state index in [4.69, 9.17) is 10.8 Å². The molecule has 0 spiro atoms. The lowest BCUT2D eigenvalue weighted by atomic mass is 10.1. The van der Waals surface area contributed by atoms with E-state index >= 15 is 0 Å². The van der Waals surface area contributed by atoms with E-state index in [1.807, 2.05) is 0 Å². The zero-order valence-corrected chi connectivity index (χ0v) is 17.4. The third-order valence-corrected chi connectivity index (χ3v) is 4.83. The summed E-state index contributed by atoms with van der Waals surface area (Å²) in [5, 5.41) is 15.2. The minimum absolute atomic E-state index is 0.165. The summed E-state index contributed by atoms with van der Waals surface area (Å²) in [7, 11) is 0. The summed E-state index contributed by atoms with van der Waals surface area (Å²) >= 11 is 0. The lowest BCUT2D eigenvalue weighted by Gasteiger charge is -2.12. The number of primary amides is 1. The van der Waals surface area contributed by atoms with Crippen LogP contribution in [0.5, 0.6) is 0 Å². The predicted molar refractivity (Wildman–Crippen MR) is 112 cm³/mol. The van der Waals surface area contributed by atoms with Crippen LogP contribution in [0.15, 0.2) is 0 Å². The summed E-state index contributed by atoms with van der Waals surface area (Å²) in [6, 6.07) is -0.876. The Labute approximate surface area is 166 Å². The number of nitrogens with two attached hydrogens (primary N) is 1. The fourth-order valence-corrected chi connectivity index (χ4v) is 3.15. The maximum absolute atomic E-state index is 11.0. The molecule has 0 aromatic carbocycles. The molecule has 5 N–H and O–H groups in total. The highest BCUT2D eigenvalue weighted by atomic mass is 16.4. The van der Waals surface area contributed by atoms with Crippen LogP contribution in [0.2, 0.25) is 0 Å². The molecular weight excluding hydrogens is 342 g/mol. The number of carboxylic acids is 1. The quantitative estimate of drug-likeness (QED) is 0.226. The van der Waals surface area contributed by atoms with Gasteiger partial charge < -0.3 is 21.5 Å². The van der Waals surface area contributed by atoms with Gasteiger partial charge in [-0.2, -0.15) is 0 Å². The molecule has 0 aromatic rings. The lowest BCUT2D eigenvalue weighted by Crippen LogP contribution is -2.41. The van der Waals surface area contributed by atoms with E-state index in [-0.39, 0.29) is 6.42 Å². The Morgan fingerprint density at radius 2 is 1.26 bits per heavy atom. The van der Waals surface area contributed by atoms with Crippen molar-refractivity contribution in [1.82, 2.24) is 10.6 Å². The highest BCUT2D eigenvalue weighted by molar-refractivity contribution is 5.83. The van der Waals surface area contributed by atoms with Crippen LogP contribution in [0.3, 0.4) is 0 Å². The van der Waals surface area contributed by atoms with Crippen molar-refractivity contribution in [2.45, 2.75) is 103 Å². The predicted octanol–water partition coefficient (Wildman–Crippen LogP) is 3.59. The summed E-state index contributed by atoms with van der Waals surface area (Å²) < 4.78 is 0. The minimum atomic E-state index is -1.03. The SMILES string of the molecule is CCCCCCCCCCCCCCNCCCN[C@@H](CC(N)=O)C(=O)O. The number of carbonyl (C=O) groups is 2. The molecule has 0 saturated heterocycles. The Balaban J connectivity index is 3.24. The van der Waals surface area contributed by atoms with Gasteiger partial charge in [0.15, 0.2) is 0 Å². The second kappa shape index (κ2) is 19.6. The van der Waals surface area contributed by atoms with Gasteiger partial charge in [0.05, 0.1) is 6.42 Å². The average molecular weight is 386 g/mol. The van der Waals surface area contributed by atoms with Gasteiger partial charge in [-0.3, -0.25) is 9.59 Å². The van der Waals surface area contributed by atoms with Crippen molar-refractivity contribution >= 4 is 11.9 Å². The van der Waals surface area contributed by atoms with Crippen LogP contribution >= 0.6 is 0 Å². The van der Waals surface area contributed by atoms with Gasteiger partial charge in [0.25, 0.3) is 0 Å². The number of hydrogen-bond donors (Lipinski definition) is 4. The number of carboxylic acid groups (broad SMARTS) is 1. The summed E-state index contributed by atoms with van der Waals surface area (Å²) in [5.74, 6) is -1.63. The van der Waals surface area contributed by atoms with E-state index in [0.717, 1.165) is 19.5 Å². The number of nitrogens with one attached hydrogen (secondary N) is 2. The average Bonchev–Trinajstić information content (AvgIpc) is 2.62. The Morgan fingerprint density at radius 1 is 0.778 bits per heavy atom. The van der Waals surface area contributed by atoms with Gasteiger partial charge in [-0.1, -0.05) is 77.6 Å². The first-order valence-corrected chi connectivity index (χ1v) is 11.0. The number of hydrogen-bond acceptors (Lipinski definition) is 4. The Hall–Kier alpha value is -1.14. The second-order valence-corrected chi connectivity index (χ2v) is 7.51. The van der Waals surface area contributed by atoms with Crippen LogP contribution in [0, 0.1) is 0 Å². The molecule has 1 amide bonds. The summed E-state index contributed by atoms with van der Waals surface area (Å²) in [5.41, 5.74) is 5.04. The molecular formula is C21H43N3O3. The van der Waals surface area contributed by atoms with Crippen molar-refractivity contribution in [2.24, 2.45) is 5.73 Å². The molecule has 1 atom stereocenters. The van der Waals surface area contributed by atoms with E-state index in [9.17, 15) is 9.59 Å². The topological polar surface area (TPSA) is 104 Å². The van der Waals surface area contributed by atoms with Crippen molar-refractivity contribution in [3.8, 4) is 0 Å². The molecule has 0 rings (SSSR count). The molecule has 0 heterocycles. The standard InChI is InChI=1S/C21H43N3O3/c1-2-3-4-5-6-7-8-9-10-11-12-13-15-23-16-14-17-24-19(21(26)27)18-20(22)25/h19,23-24H,2-18H2,1H3,(H2,22,25)(H,26,27)/t19-/m0/s1. The van der Waals surface area contributed by atoms with Crippen LogP contribution in [0.25, 0.3) is 0 Å². The highest BCUT2D eigenvalue weighted by Gasteiger charge is 2.18. The zero-order chi connectivity index (χ0) is 20.2. The van der Waals surface area contributed by atoms with Crippen LogP contribution in [-0.4, -0.2) is 42.7 Å². The third kappa shape index (κ3) is 19.4. The molecule has 6 nitrogen and oxygen atoms in total. The van der Waals surface area contributed by atoms with Crippen molar-refractivity contribution in [3.05, 3.63) is 0 Å². The van der Waals surface area contributed by atoms with E-state index in [1.54, 1.807) is 0 Å². The van der Waals surface area contributed by atoms with Crippen LogP contribution in [-0.2, 0) is 9.59 Å². The zero-order valence-electron chi connectivity index (χ0n) is 17.4. The van der Waals surface area contributed by atoms with Gasteiger partial charge >= 0.3 is 5.97 Å². The highest BCUT2D eigenvalue weighted by Crippen LogP contribution is 2.11. The fourth-order valence-electron chi connectivity index (χ4n) is 3.15. The Kier molecular flexibility index (Phi) is 18.8. The summed E-state index contributed by atoms with van der Waals surface area (Å²) in [6.07, 6.45) is 17.0. The number of unbranched alkanes of at least 4 members (excludes halogenated alkanes) is 11. The van der Waals surface area contributed by atoms with E-state index in [2.05, 4.69) is 17.6 Å². The lowest BCUT2D eigenvalue weighted by molar-refractivity contribution is -0.141. The Morgan fingerprint density at radius 3 is 1.74 bits per heavy atom. The smallest absolute Gasteiger partial charge is 0.321 e. The molecule has 0 aliphatic heterocycles. The second-order valence-electron chi connectivity index (χ2n) is 7.51. The van der Waals surface area contributed by atoms with E-state index < -0.39 is 17.9 Å². The molecule has 0 saturated carbocycles. The van der Waals surface area contributed by atoms with Crippen molar-refractivity contribution in [3.63, 3.8) is 0 Å². The number of amides is 1. The number of carbonyl (C=O) groups excluding carboxylic acids is 1. The van der Waals surface area contributed by atoms with Gasteiger partial charge in [-0.25, -0.2) is 0 Å². The molecule has 0 aromatic heterocycles. The van der Waals surface area contributed by atoms with Gasteiger partial charge in [0, 0.05) is 0 Å². The molecule has 27 heavy (non-hydrogen) atoms. The van der Waals surface area contributed by atoms with Gasteiger partial charge in [0.1, 0.15) is 6.04 Å². The molecule has 6 heteroatoms. The monoisotopic (exact) mass is 385 g/mol. The van der Waals surface area contributed by atoms with Crippen molar-refractivity contribution in [2.75, 3.05) is 19.6 Å². The first kappa shape index (κ1) is 25.9. The van der Waals surface area contributed by atoms with Crippen molar-refractivity contribution in [1.29, 1.82) is 0 Å². The molecule has 0 radical (unpaired) electrons. The first-order valence-electron chi connectivity index (χ1n) is 11.0. The molecule has 0 unspecified atom stereocenters. The Bertz CT molecular complexity index is 365. The van der Waals surface area contributed by atoms with E-state index in [1.165, 1.54) is 77.0 Å². The largest absolute Gasteiger partial charge is 0.480 e. The molecule has 0 bridgehead atoms. The molecule has 160 valence electrons. The van der Waals surface area contributed by atoms with Gasteiger partial charge in [-0.15, -0.1) is 0 Å². The normalized spacial score (nSPS) is 12.2. The van der Waals surface area contributed by atoms with E-state index in [0.29, 0.717) is 6.54 Å². The van der Waals surface area contributed by atoms with Crippen LogP contribution in [0.1, 0.15) is 96.8 Å². The molecule has 0 aliphatic rings. The number of aliphatic carboxylic acids is 1. The summed E-state index contributed by atoms with van der Waals surface area (Å²) in [6.45, 7) is 4.70. The fraction of sp³-hybridized carbons (Fsp3) is 0.905. The van der Waals surface area contributed by atoms with Gasteiger partial charge in [-0.05, 0) is 32.5 Å². The first-order chi connectivity index (χ1) is 13.1. The maximum Gasteiger partial charge on any atom is 0.321 e. The third-order valence-electron chi connectivity index (χ3n) is 4.83. The maximum atomic E-state index is 11.0. The van der Waals surface area contributed by atoms with Crippen molar-refractivity contribution < 1.29 is 14.7 Å². The summed E-state index contributed by atoms with van der Waals surface area (Å²) in [4.78, 5) is 21.8. The van der Waals surface area contributed by atoms with Gasteiger partial charge in [0.2, 0.25) is 5.91 Å². The minimum Gasteiger partial charge on any atom is -0.480 e. The number of rotatable bonds is 21. The van der Waals surface area contributed by atoms with Crippen LogP contribution in [0.4, 0.5) is 0 Å². The molecule has 0 aliphatic carbocycles. The molecule has 0 fully saturated rings. The van der Waals surface area contributed by atoms with Crippen LogP contribution < -0.4 is 16.4 Å².